The Balaban J connectivity index is 1.62. The summed E-state index contributed by atoms with van der Waals surface area (Å²) in [4.78, 5) is 13.6. The van der Waals surface area contributed by atoms with Gasteiger partial charge in [0.15, 0.2) is 5.82 Å². The number of aryl methyl sites for hydroxylation is 1. The van der Waals surface area contributed by atoms with Gasteiger partial charge in [-0.05, 0) is 49.7 Å². The summed E-state index contributed by atoms with van der Waals surface area (Å²) in [6, 6.07) is 16.1. The lowest BCUT2D eigenvalue weighted by molar-refractivity contribution is 0.495. The second-order valence-electron chi connectivity index (χ2n) is 6.31. The molecule has 3 aromatic heterocycles. The fourth-order valence-corrected chi connectivity index (χ4v) is 2.94. The van der Waals surface area contributed by atoms with Gasteiger partial charge in [-0.15, -0.1) is 0 Å². The normalized spacial score (nSPS) is 12.2. The number of fused-ring (bicyclic) bond motifs is 1. The standard InChI is InChI=1S/C21H20N4O/c1-15(8-9-17-5-4-14-26-17)23-21-18-6-2-3-7-19(18)24-20(25-21)16-10-12-22-13-11-16/h2-7,10-15H,8-9H2,1H3,(H,23,24,25)/t15-/m0/s1. The first-order valence-electron chi connectivity index (χ1n) is 8.76. The molecule has 0 amide bonds. The largest absolute Gasteiger partial charge is 0.469 e. The van der Waals surface area contributed by atoms with Crippen molar-refractivity contribution in [1.29, 1.82) is 0 Å². The van der Waals surface area contributed by atoms with Crippen LogP contribution in [0.4, 0.5) is 5.82 Å². The Morgan fingerprint density at radius 2 is 1.85 bits per heavy atom. The van der Waals surface area contributed by atoms with Crippen LogP contribution in [0.5, 0.6) is 0 Å². The summed E-state index contributed by atoms with van der Waals surface area (Å²) in [5.74, 6) is 2.56. The number of rotatable bonds is 6. The fraction of sp³-hybridized carbons (Fsp3) is 0.190. The van der Waals surface area contributed by atoms with Crippen LogP contribution >= 0.6 is 0 Å². The molecule has 26 heavy (non-hydrogen) atoms. The van der Waals surface area contributed by atoms with Gasteiger partial charge in [-0.25, -0.2) is 9.97 Å². The van der Waals surface area contributed by atoms with Gasteiger partial charge >= 0.3 is 0 Å². The van der Waals surface area contributed by atoms with Gasteiger partial charge in [0.1, 0.15) is 11.6 Å². The highest BCUT2D eigenvalue weighted by Gasteiger charge is 2.12. The number of nitrogens with one attached hydrogen (secondary N) is 1. The quantitative estimate of drug-likeness (QED) is 0.548. The van der Waals surface area contributed by atoms with Crippen LogP contribution < -0.4 is 5.32 Å². The first kappa shape index (κ1) is 16.3. The molecule has 0 saturated heterocycles. The highest BCUT2D eigenvalue weighted by Crippen LogP contribution is 2.25. The molecule has 130 valence electrons. The van der Waals surface area contributed by atoms with E-state index in [0.29, 0.717) is 5.82 Å². The van der Waals surface area contributed by atoms with Gasteiger partial charge in [0.25, 0.3) is 0 Å². The molecule has 4 rings (SSSR count). The van der Waals surface area contributed by atoms with Crippen LogP contribution in [0.15, 0.2) is 71.6 Å². The first-order chi connectivity index (χ1) is 12.8. The SMILES string of the molecule is C[C@@H](CCc1ccco1)Nc1nc(-c2ccncc2)nc2ccccc12. The average molecular weight is 344 g/mol. The van der Waals surface area contributed by atoms with Crippen LogP contribution in [-0.2, 0) is 6.42 Å². The van der Waals surface area contributed by atoms with Crippen molar-refractivity contribution in [3.63, 3.8) is 0 Å². The Morgan fingerprint density at radius 1 is 1.00 bits per heavy atom. The van der Waals surface area contributed by atoms with Gasteiger partial charge in [-0.2, -0.15) is 0 Å². The summed E-state index contributed by atoms with van der Waals surface area (Å²) < 4.78 is 5.42. The molecule has 1 N–H and O–H groups in total. The summed E-state index contributed by atoms with van der Waals surface area (Å²) in [5.41, 5.74) is 1.88. The lowest BCUT2D eigenvalue weighted by Gasteiger charge is -2.16. The molecule has 0 spiro atoms. The van der Waals surface area contributed by atoms with E-state index in [1.54, 1.807) is 18.7 Å². The van der Waals surface area contributed by atoms with Crippen molar-refractivity contribution < 1.29 is 4.42 Å². The van der Waals surface area contributed by atoms with Gasteiger partial charge in [-0.3, -0.25) is 4.98 Å². The van der Waals surface area contributed by atoms with E-state index in [1.807, 2.05) is 48.5 Å². The molecule has 0 fully saturated rings. The monoisotopic (exact) mass is 344 g/mol. The van der Waals surface area contributed by atoms with E-state index in [1.165, 1.54) is 0 Å². The molecule has 0 bridgehead atoms. The number of hydrogen-bond donors (Lipinski definition) is 1. The van der Waals surface area contributed by atoms with Gasteiger partial charge < -0.3 is 9.73 Å². The molecular weight excluding hydrogens is 324 g/mol. The fourth-order valence-electron chi connectivity index (χ4n) is 2.94. The van der Waals surface area contributed by atoms with E-state index < -0.39 is 0 Å². The highest BCUT2D eigenvalue weighted by molar-refractivity contribution is 5.90. The molecule has 0 radical (unpaired) electrons. The number of benzene rings is 1. The second kappa shape index (κ2) is 7.35. The van der Waals surface area contributed by atoms with Crippen LogP contribution in [0.25, 0.3) is 22.3 Å². The van der Waals surface area contributed by atoms with Crippen molar-refractivity contribution in [2.24, 2.45) is 0 Å². The number of pyridine rings is 1. The van der Waals surface area contributed by atoms with E-state index in [4.69, 9.17) is 14.4 Å². The van der Waals surface area contributed by atoms with E-state index in [9.17, 15) is 0 Å². The molecule has 5 nitrogen and oxygen atoms in total. The third-order valence-corrected chi connectivity index (χ3v) is 4.33. The minimum Gasteiger partial charge on any atom is -0.469 e. The van der Waals surface area contributed by atoms with Crippen molar-refractivity contribution in [2.45, 2.75) is 25.8 Å². The van der Waals surface area contributed by atoms with Crippen molar-refractivity contribution in [2.75, 3.05) is 5.32 Å². The number of aromatic nitrogens is 3. The van der Waals surface area contributed by atoms with E-state index in [2.05, 4.69) is 17.2 Å². The van der Waals surface area contributed by atoms with Gasteiger partial charge in [0.05, 0.1) is 11.8 Å². The Hall–Kier alpha value is -3.21. The molecule has 4 aromatic rings. The molecule has 0 saturated carbocycles. The van der Waals surface area contributed by atoms with Crippen LogP contribution in [0, 0.1) is 0 Å². The molecule has 0 aliphatic rings. The van der Waals surface area contributed by atoms with E-state index >= 15 is 0 Å². The lowest BCUT2D eigenvalue weighted by atomic mass is 10.1. The van der Waals surface area contributed by atoms with Gasteiger partial charge in [-0.1, -0.05) is 12.1 Å². The molecule has 3 heterocycles. The first-order valence-corrected chi connectivity index (χ1v) is 8.76. The molecule has 0 unspecified atom stereocenters. The smallest absolute Gasteiger partial charge is 0.162 e. The summed E-state index contributed by atoms with van der Waals surface area (Å²) in [5, 5.41) is 4.57. The van der Waals surface area contributed by atoms with Crippen molar-refractivity contribution in [1.82, 2.24) is 15.0 Å². The van der Waals surface area contributed by atoms with Crippen molar-refractivity contribution in [3.05, 3.63) is 72.9 Å². The minimum atomic E-state index is 0.253. The van der Waals surface area contributed by atoms with Crippen molar-refractivity contribution >= 4 is 16.7 Å². The van der Waals surface area contributed by atoms with E-state index in [-0.39, 0.29) is 6.04 Å². The predicted molar refractivity (Wildman–Crippen MR) is 103 cm³/mol. The minimum absolute atomic E-state index is 0.253. The molecule has 0 aliphatic heterocycles. The zero-order valence-corrected chi connectivity index (χ0v) is 14.6. The summed E-state index contributed by atoms with van der Waals surface area (Å²) in [6.07, 6.45) is 7.07. The van der Waals surface area contributed by atoms with Crippen LogP contribution in [-0.4, -0.2) is 21.0 Å². The maximum absolute atomic E-state index is 5.42. The highest BCUT2D eigenvalue weighted by atomic mass is 16.3. The number of furan rings is 1. The molecule has 1 atom stereocenters. The maximum atomic E-state index is 5.42. The van der Waals surface area contributed by atoms with E-state index in [0.717, 1.165) is 40.9 Å². The maximum Gasteiger partial charge on any atom is 0.162 e. The Labute approximate surface area is 152 Å². The lowest BCUT2D eigenvalue weighted by Crippen LogP contribution is -2.17. The summed E-state index contributed by atoms with van der Waals surface area (Å²) in [6.45, 7) is 2.16. The molecule has 5 heteroatoms. The Kier molecular flexibility index (Phi) is 4.60. The topological polar surface area (TPSA) is 63.8 Å². The predicted octanol–water partition coefficient (Wildman–Crippen LogP) is 4.72. The second-order valence-corrected chi connectivity index (χ2v) is 6.31. The average Bonchev–Trinajstić information content (AvgIpc) is 3.21. The number of nitrogens with zero attached hydrogens (tertiary/aromatic N) is 3. The Bertz CT molecular complexity index is 984. The van der Waals surface area contributed by atoms with Gasteiger partial charge in [0.2, 0.25) is 0 Å². The number of para-hydroxylation sites is 1. The van der Waals surface area contributed by atoms with Crippen LogP contribution in [0.3, 0.4) is 0 Å². The zero-order chi connectivity index (χ0) is 17.8. The Morgan fingerprint density at radius 3 is 2.65 bits per heavy atom. The summed E-state index contributed by atoms with van der Waals surface area (Å²) >= 11 is 0. The van der Waals surface area contributed by atoms with Gasteiger partial charge in [0, 0.05) is 35.8 Å². The summed E-state index contributed by atoms with van der Waals surface area (Å²) in [7, 11) is 0. The van der Waals surface area contributed by atoms with Crippen LogP contribution in [0.1, 0.15) is 19.1 Å². The van der Waals surface area contributed by atoms with Crippen molar-refractivity contribution in [3.8, 4) is 11.4 Å². The third kappa shape index (κ3) is 3.57. The van der Waals surface area contributed by atoms with Crippen LogP contribution in [0.2, 0.25) is 0 Å². The number of anilines is 1. The third-order valence-electron chi connectivity index (χ3n) is 4.33. The zero-order valence-electron chi connectivity index (χ0n) is 14.6. The molecular formula is C21H20N4O. The number of hydrogen-bond acceptors (Lipinski definition) is 5. The molecule has 0 aliphatic carbocycles. The molecule has 1 aromatic carbocycles.